The summed E-state index contributed by atoms with van der Waals surface area (Å²) in [5.74, 6) is -0.306. The minimum Gasteiger partial charge on any atom is -0.428 e. The SMILES string of the molecule is CC(C)(C)OC(=O)OC(=O)OC(C)(C)C.CCCC1OCCc2c(Br)ccc(F)c21.CNCC1OCCc2c(Br)ccc(F)c21. The topological polar surface area (TPSA) is 92.3 Å². The molecular weight excluding hydrogens is 720 g/mol. The van der Waals surface area contributed by atoms with Gasteiger partial charge in [-0.15, -0.1) is 0 Å². The number of carbonyl (C=O) groups excluding carboxylic acids is 2. The zero-order valence-corrected chi connectivity index (χ0v) is 30.5. The fraction of sp³-hybridized carbons (Fsp3) is 0.576. The molecule has 0 saturated heterocycles. The van der Waals surface area contributed by atoms with Gasteiger partial charge in [-0.2, -0.15) is 0 Å². The summed E-state index contributed by atoms with van der Waals surface area (Å²) in [6.07, 6.45) is 1.12. The Labute approximate surface area is 282 Å². The summed E-state index contributed by atoms with van der Waals surface area (Å²) in [4.78, 5) is 22.0. The second-order valence-electron chi connectivity index (χ2n) is 12.4. The number of ether oxygens (including phenoxy) is 5. The normalized spacial score (nSPS) is 17.3. The van der Waals surface area contributed by atoms with Gasteiger partial charge in [0.25, 0.3) is 0 Å². The van der Waals surface area contributed by atoms with E-state index in [4.69, 9.17) is 18.9 Å². The van der Waals surface area contributed by atoms with Gasteiger partial charge in [0, 0.05) is 26.6 Å². The molecule has 2 aliphatic rings. The van der Waals surface area contributed by atoms with Crippen molar-refractivity contribution in [3.63, 3.8) is 0 Å². The second-order valence-corrected chi connectivity index (χ2v) is 14.1. The number of fused-ring (bicyclic) bond motifs is 2. The van der Waals surface area contributed by atoms with Gasteiger partial charge in [0.2, 0.25) is 0 Å². The number of hydrogen-bond acceptors (Lipinski definition) is 8. The molecule has 2 aromatic rings. The highest BCUT2D eigenvalue weighted by molar-refractivity contribution is 9.10. The Morgan fingerprint density at radius 1 is 0.822 bits per heavy atom. The molecular formula is C33H45Br2F2NO7. The molecule has 2 heterocycles. The van der Waals surface area contributed by atoms with E-state index in [1.807, 2.05) is 7.05 Å². The first-order valence-corrected chi connectivity index (χ1v) is 16.5. The Morgan fingerprint density at radius 2 is 1.24 bits per heavy atom. The van der Waals surface area contributed by atoms with Crippen LogP contribution >= 0.6 is 31.9 Å². The van der Waals surface area contributed by atoms with Gasteiger partial charge in [-0.1, -0.05) is 45.2 Å². The first-order chi connectivity index (χ1) is 21.0. The van der Waals surface area contributed by atoms with Crippen LogP contribution in [0.15, 0.2) is 33.2 Å². The van der Waals surface area contributed by atoms with Crippen LogP contribution in [0.3, 0.4) is 0 Å². The lowest BCUT2D eigenvalue weighted by Gasteiger charge is -2.27. The minimum absolute atomic E-state index is 0.0590. The highest BCUT2D eigenvalue weighted by Gasteiger charge is 2.27. The van der Waals surface area contributed by atoms with Crippen molar-refractivity contribution in [1.29, 1.82) is 0 Å². The molecule has 0 amide bonds. The standard InChI is InChI=1S/C12H14BrFO.C11H13BrFNO.C10H18O5/c1-2-3-11-12-8(6-7-15-11)9(13)4-5-10(12)14;1-14-6-10-11-7(4-5-15-10)8(12)2-3-9(11)13;1-9(2,3)14-7(11)13-8(12)15-10(4,5)6/h4-5,11H,2-3,6-7H2,1H3;2-3,10,14H,4-6H2,1H3;1-6H3. The second kappa shape index (κ2) is 17.7. The zero-order valence-electron chi connectivity index (χ0n) is 27.3. The van der Waals surface area contributed by atoms with E-state index in [2.05, 4.69) is 48.8 Å². The number of rotatable bonds is 4. The lowest BCUT2D eigenvalue weighted by Crippen LogP contribution is -2.29. The van der Waals surface area contributed by atoms with E-state index in [0.29, 0.717) is 25.3 Å². The lowest BCUT2D eigenvalue weighted by atomic mass is 9.94. The van der Waals surface area contributed by atoms with Gasteiger partial charge in [-0.05, 0) is 103 Å². The smallest absolute Gasteiger partial charge is 0.428 e. The zero-order chi connectivity index (χ0) is 33.9. The van der Waals surface area contributed by atoms with Crippen LogP contribution in [0.1, 0.15) is 95.8 Å². The maximum atomic E-state index is 13.7. The van der Waals surface area contributed by atoms with Crippen molar-refractivity contribution in [3.8, 4) is 0 Å². The van der Waals surface area contributed by atoms with E-state index < -0.39 is 23.5 Å². The Morgan fingerprint density at radius 3 is 1.64 bits per heavy atom. The molecule has 0 aromatic heterocycles. The van der Waals surface area contributed by atoms with Crippen molar-refractivity contribution in [3.05, 3.63) is 67.1 Å². The summed E-state index contributed by atoms with van der Waals surface area (Å²) < 4.78 is 54.4. The van der Waals surface area contributed by atoms with Crippen molar-refractivity contribution < 1.29 is 42.1 Å². The minimum atomic E-state index is -1.06. The van der Waals surface area contributed by atoms with E-state index in [-0.39, 0.29) is 23.8 Å². The van der Waals surface area contributed by atoms with Crippen LogP contribution in [0.2, 0.25) is 0 Å². The molecule has 0 radical (unpaired) electrons. The average molecular weight is 766 g/mol. The maximum Gasteiger partial charge on any atom is 0.519 e. The molecule has 0 aliphatic carbocycles. The average Bonchev–Trinajstić information content (AvgIpc) is 2.92. The van der Waals surface area contributed by atoms with Gasteiger partial charge in [0.05, 0.1) is 25.4 Å². The van der Waals surface area contributed by atoms with E-state index >= 15 is 0 Å². The third-order valence-electron chi connectivity index (χ3n) is 6.37. The summed E-state index contributed by atoms with van der Waals surface area (Å²) >= 11 is 6.92. The number of halogens is 4. The molecule has 0 spiro atoms. The fourth-order valence-electron chi connectivity index (χ4n) is 4.64. The predicted molar refractivity (Wildman–Crippen MR) is 175 cm³/mol. The molecule has 1 N–H and O–H groups in total. The Kier molecular flexibility index (Phi) is 15.4. The van der Waals surface area contributed by atoms with Crippen molar-refractivity contribution >= 4 is 44.2 Å². The van der Waals surface area contributed by atoms with Gasteiger partial charge < -0.3 is 29.0 Å². The van der Waals surface area contributed by atoms with Crippen LogP contribution in [0.4, 0.5) is 18.4 Å². The predicted octanol–water partition coefficient (Wildman–Crippen LogP) is 9.30. The molecule has 2 aromatic carbocycles. The van der Waals surface area contributed by atoms with Crippen LogP contribution in [-0.2, 0) is 36.5 Å². The number of carbonyl (C=O) groups is 2. The molecule has 4 rings (SSSR count). The molecule has 45 heavy (non-hydrogen) atoms. The van der Waals surface area contributed by atoms with Crippen molar-refractivity contribution in [2.24, 2.45) is 0 Å². The Bertz CT molecular complexity index is 1200. The van der Waals surface area contributed by atoms with E-state index in [9.17, 15) is 18.4 Å². The molecule has 12 heteroatoms. The van der Waals surface area contributed by atoms with Gasteiger partial charge >= 0.3 is 12.3 Å². The molecule has 0 bridgehead atoms. The number of nitrogens with one attached hydrogen (secondary N) is 1. The molecule has 2 unspecified atom stereocenters. The quantitative estimate of drug-likeness (QED) is 0.243. The molecule has 8 nitrogen and oxygen atoms in total. The number of likely N-dealkylation sites (N-methyl/N-ethyl adjacent to an activating group) is 1. The van der Waals surface area contributed by atoms with Crippen molar-refractivity contribution in [1.82, 2.24) is 5.32 Å². The molecule has 252 valence electrons. The van der Waals surface area contributed by atoms with Gasteiger partial charge in [-0.3, -0.25) is 0 Å². The van der Waals surface area contributed by atoms with Crippen LogP contribution in [-0.4, -0.2) is 50.3 Å². The highest BCUT2D eigenvalue weighted by atomic mass is 79.9. The van der Waals surface area contributed by atoms with Gasteiger partial charge in [0.1, 0.15) is 22.8 Å². The van der Waals surface area contributed by atoms with E-state index in [0.717, 1.165) is 51.3 Å². The van der Waals surface area contributed by atoms with Gasteiger partial charge in [-0.25, -0.2) is 18.4 Å². The summed E-state index contributed by atoms with van der Waals surface area (Å²) in [6.45, 7) is 14.1. The maximum absolute atomic E-state index is 13.7. The monoisotopic (exact) mass is 763 g/mol. The van der Waals surface area contributed by atoms with Crippen molar-refractivity contribution in [2.75, 3.05) is 26.8 Å². The number of benzene rings is 2. The summed E-state index contributed by atoms with van der Waals surface area (Å²) in [5, 5.41) is 3.02. The summed E-state index contributed by atoms with van der Waals surface area (Å²) in [6, 6.07) is 6.54. The Balaban J connectivity index is 0.000000235. The van der Waals surface area contributed by atoms with Crippen LogP contribution < -0.4 is 5.32 Å². The van der Waals surface area contributed by atoms with Gasteiger partial charge in [0.15, 0.2) is 0 Å². The highest BCUT2D eigenvalue weighted by Crippen LogP contribution is 2.36. The van der Waals surface area contributed by atoms with Crippen LogP contribution in [0.5, 0.6) is 0 Å². The first-order valence-electron chi connectivity index (χ1n) is 14.9. The third-order valence-corrected chi connectivity index (χ3v) is 7.85. The molecule has 0 saturated carbocycles. The third kappa shape index (κ3) is 12.9. The van der Waals surface area contributed by atoms with Crippen LogP contribution in [0.25, 0.3) is 0 Å². The van der Waals surface area contributed by atoms with E-state index in [1.165, 1.54) is 12.1 Å². The molecule has 2 atom stereocenters. The van der Waals surface area contributed by atoms with Crippen molar-refractivity contribution in [2.45, 2.75) is 97.6 Å². The molecule has 0 fully saturated rings. The number of hydrogen-bond donors (Lipinski definition) is 1. The van der Waals surface area contributed by atoms with Crippen LogP contribution in [0, 0.1) is 11.6 Å². The lowest BCUT2D eigenvalue weighted by molar-refractivity contribution is -0.0293. The first kappa shape index (κ1) is 39.1. The summed E-state index contributed by atoms with van der Waals surface area (Å²) in [5.41, 5.74) is 2.20. The van der Waals surface area contributed by atoms with E-state index in [1.54, 1.807) is 53.7 Å². The largest absolute Gasteiger partial charge is 0.519 e. The molecule has 2 aliphatic heterocycles. The summed E-state index contributed by atoms with van der Waals surface area (Å²) in [7, 11) is 1.84. The fourth-order valence-corrected chi connectivity index (χ4v) is 5.73. The Hall–Kier alpha value is -2.12.